The highest BCUT2D eigenvalue weighted by Gasteiger charge is 2.08. The SMILES string of the molecule is Cc1nn(-c2cccc(S)c2)cc1N=Nc1nnc(N(C)C)s1. The van der Waals surface area contributed by atoms with E-state index in [1.807, 2.05) is 56.4 Å². The molecule has 0 saturated heterocycles. The van der Waals surface area contributed by atoms with Gasteiger partial charge in [-0.15, -0.1) is 33.1 Å². The van der Waals surface area contributed by atoms with Gasteiger partial charge < -0.3 is 4.90 Å². The van der Waals surface area contributed by atoms with Crippen LogP contribution in [0.1, 0.15) is 5.69 Å². The summed E-state index contributed by atoms with van der Waals surface area (Å²) in [6, 6.07) is 7.74. The van der Waals surface area contributed by atoms with E-state index in [4.69, 9.17) is 0 Å². The van der Waals surface area contributed by atoms with Crippen molar-refractivity contribution in [3.63, 3.8) is 0 Å². The molecule has 0 fully saturated rings. The molecule has 0 aliphatic carbocycles. The standard InChI is InChI=1S/C14H15N7S2/c1-9-12(15-16-13-17-18-14(23-13)20(2)3)8-21(19-9)10-5-4-6-11(22)7-10/h4-8,22H,1-3H3. The Kier molecular flexibility index (Phi) is 4.39. The Morgan fingerprint density at radius 2 is 2.04 bits per heavy atom. The number of hydrogen-bond donors (Lipinski definition) is 1. The van der Waals surface area contributed by atoms with E-state index in [0.29, 0.717) is 10.8 Å². The van der Waals surface area contributed by atoms with Crippen LogP contribution in [0.25, 0.3) is 5.69 Å². The van der Waals surface area contributed by atoms with E-state index in [0.717, 1.165) is 21.4 Å². The van der Waals surface area contributed by atoms with Crippen molar-refractivity contribution in [1.29, 1.82) is 0 Å². The van der Waals surface area contributed by atoms with E-state index in [1.165, 1.54) is 11.3 Å². The molecule has 0 bridgehead atoms. The van der Waals surface area contributed by atoms with Crippen LogP contribution < -0.4 is 4.90 Å². The van der Waals surface area contributed by atoms with E-state index in [-0.39, 0.29) is 0 Å². The lowest BCUT2D eigenvalue weighted by Crippen LogP contribution is -2.07. The summed E-state index contributed by atoms with van der Waals surface area (Å²) in [6.45, 7) is 1.89. The Bertz CT molecular complexity index is 850. The van der Waals surface area contributed by atoms with Crippen molar-refractivity contribution in [3.8, 4) is 5.69 Å². The Morgan fingerprint density at radius 1 is 1.22 bits per heavy atom. The Morgan fingerprint density at radius 3 is 2.74 bits per heavy atom. The third-order valence-electron chi connectivity index (χ3n) is 3.00. The summed E-state index contributed by atoms with van der Waals surface area (Å²) in [6.07, 6.45) is 1.83. The van der Waals surface area contributed by atoms with Gasteiger partial charge in [0.2, 0.25) is 5.13 Å². The molecule has 3 aromatic rings. The molecule has 0 aliphatic rings. The average Bonchev–Trinajstić information content (AvgIpc) is 3.12. The third kappa shape index (κ3) is 3.57. The first-order valence-corrected chi connectivity index (χ1v) is 8.07. The lowest BCUT2D eigenvalue weighted by atomic mass is 10.3. The minimum Gasteiger partial charge on any atom is -0.353 e. The topological polar surface area (TPSA) is 71.6 Å². The van der Waals surface area contributed by atoms with Gasteiger partial charge in [0.15, 0.2) is 0 Å². The molecule has 3 rings (SSSR count). The fourth-order valence-electron chi connectivity index (χ4n) is 1.84. The van der Waals surface area contributed by atoms with Gasteiger partial charge in [-0.05, 0) is 25.1 Å². The molecule has 9 heteroatoms. The molecule has 23 heavy (non-hydrogen) atoms. The molecule has 7 nitrogen and oxygen atoms in total. The summed E-state index contributed by atoms with van der Waals surface area (Å²) in [5, 5.41) is 22.1. The molecule has 2 aromatic heterocycles. The van der Waals surface area contributed by atoms with Gasteiger partial charge in [-0.3, -0.25) is 0 Å². The summed E-state index contributed by atoms with van der Waals surface area (Å²) in [4.78, 5) is 2.76. The molecule has 0 radical (unpaired) electrons. The zero-order valence-corrected chi connectivity index (χ0v) is 14.6. The number of anilines is 1. The lowest BCUT2D eigenvalue weighted by Gasteiger charge is -2.03. The first-order valence-electron chi connectivity index (χ1n) is 6.81. The summed E-state index contributed by atoms with van der Waals surface area (Å²) < 4.78 is 1.76. The van der Waals surface area contributed by atoms with Crippen LogP contribution in [0.5, 0.6) is 0 Å². The zero-order valence-electron chi connectivity index (χ0n) is 12.9. The van der Waals surface area contributed by atoms with Crippen molar-refractivity contribution in [2.45, 2.75) is 11.8 Å². The largest absolute Gasteiger partial charge is 0.353 e. The molecule has 0 atom stereocenters. The Labute approximate surface area is 143 Å². The number of azo groups is 1. The molecule has 2 heterocycles. The average molecular weight is 345 g/mol. The summed E-state index contributed by atoms with van der Waals surface area (Å²) >= 11 is 5.72. The van der Waals surface area contributed by atoms with Crippen LogP contribution in [0.3, 0.4) is 0 Å². The number of benzene rings is 1. The first kappa shape index (κ1) is 15.6. The quantitative estimate of drug-likeness (QED) is 0.577. The molecule has 0 spiro atoms. The predicted octanol–water partition coefficient (Wildman–Crippen LogP) is 3.80. The van der Waals surface area contributed by atoms with Crippen LogP contribution in [0.15, 0.2) is 45.6 Å². The molecule has 0 unspecified atom stereocenters. The summed E-state index contributed by atoms with van der Waals surface area (Å²) in [7, 11) is 3.82. The molecule has 1 aromatic carbocycles. The lowest BCUT2D eigenvalue weighted by molar-refractivity contribution is 0.860. The van der Waals surface area contributed by atoms with Crippen LogP contribution in [-0.2, 0) is 0 Å². The zero-order chi connectivity index (χ0) is 16.4. The van der Waals surface area contributed by atoms with Crippen LogP contribution in [0.2, 0.25) is 0 Å². The fraction of sp³-hybridized carbons (Fsp3) is 0.214. The molecule has 118 valence electrons. The number of rotatable bonds is 4. The normalized spacial score (nSPS) is 11.3. The van der Waals surface area contributed by atoms with E-state index in [2.05, 4.69) is 38.2 Å². The molecular formula is C14H15N7S2. The minimum absolute atomic E-state index is 0.512. The monoisotopic (exact) mass is 345 g/mol. The van der Waals surface area contributed by atoms with Crippen LogP contribution in [0.4, 0.5) is 16.0 Å². The second-order valence-electron chi connectivity index (χ2n) is 5.03. The fourth-order valence-corrected chi connectivity index (χ4v) is 2.65. The van der Waals surface area contributed by atoms with Crippen molar-refractivity contribution in [2.75, 3.05) is 19.0 Å². The molecule has 0 N–H and O–H groups in total. The van der Waals surface area contributed by atoms with Gasteiger partial charge in [0.25, 0.3) is 5.13 Å². The Balaban J connectivity index is 1.84. The highest BCUT2D eigenvalue weighted by atomic mass is 32.1. The first-order chi connectivity index (χ1) is 11.0. The van der Waals surface area contributed by atoms with E-state index >= 15 is 0 Å². The van der Waals surface area contributed by atoms with Gasteiger partial charge in [-0.2, -0.15) is 5.10 Å². The van der Waals surface area contributed by atoms with Crippen LogP contribution in [0, 0.1) is 6.92 Å². The third-order valence-corrected chi connectivity index (χ3v) is 4.25. The van der Waals surface area contributed by atoms with Crippen molar-refractivity contribution in [2.24, 2.45) is 10.2 Å². The number of nitrogens with zero attached hydrogens (tertiary/aromatic N) is 7. The highest BCUT2D eigenvalue weighted by Crippen LogP contribution is 2.27. The van der Waals surface area contributed by atoms with Gasteiger partial charge in [-0.1, -0.05) is 17.4 Å². The molecule has 0 saturated carbocycles. The van der Waals surface area contributed by atoms with Gasteiger partial charge >= 0.3 is 0 Å². The Hall–Kier alpha value is -2.26. The molecule has 0 aliphatic heterocycles. The van der Waals surface area contributed by atoms with Crippen molar-refractivity contribution in [1.82, 2.24) is 20.0 Å². The van der Waals surface area contributed by atoms with Crippen molar-refractivity contribution < 1.29 is 0 Å². The minimum atomic E-state index is 0.512. The summed E-state index contributed by atoms with van der Waals surface area (Å²) in [5.41, 5.74) is 2.40. The van der Waals surface area contributed by atoms with Crippen molar-refractivity contribution in [3.05, 3.63) is 36.2 Å². The number of hydrogen-bond acceptors (Lipinski definition) is 8. The summed E-state index contributed by atoms with van der Waals surface area (Å²) in [5.74, 6) is 0. The van der Waals surface area contributed by atoms with Crippen LogP contribution >= 0.6 is 24.0 Å². The van der Waals surface area contributed by atoms with Crippen LogP contribution in [-0.4, -0.2) is 34.1 Å². The maximum Gasteiger partial charge on any atom is 0.253 e. The maximum atomic E-state index is 4.46. The van der Waals surface area contributed by atoms with Gasteiger partial charge in [0.1, 0.15) is 5.69 Å². The predicted molar refractivity (Wildman–Crippen MR) is 94.0 cm³/mol. The maximum absolute atomic E-state index is 4.46. The smallest absolute Gasteiger partial charge is 0.253 e. The van der Waals surface area contributed by atoms with Crippen molar-refractivity contribution >= 4 is 39.9 Å². The number of aryl methyl sites for hydroxylation is 1. The van der Waals surface area contributed by atoms with Gasteiger partial charge in [0.05, 0.1) is 17.6 Å². The molecular weight excluding hydrogens is 330 g/mol. The number of aromatic nitrogens is 4. The second kappa shape index (κ2) is 6.47. The van der Waals surface area contributed by atoms with E-state index in [1.54, 1.807) is 4.68 Å². The molecule has 0 amide bonds. The van der Waals surface area contributed by atoms with Gasteiger partial charge in [0, 0.05) is 19.0 Å². The number of thiol groups is 1. The highest BCUT2D eigenvalue weighted by molar-refractivity contribution is 7.80. The van der Waals surface area contributed by atoms with E-state index in [9.17, 15) is 0 Å². The second-order valence-corrected chi connectivity index (χ2v) is 6.48. The van der Waals surface area contributed by atoms with Gasteiger partial charge in [-0.25, -0.2) is 4.68 Å². The van der Waals surface area contributed by atoms with E-state index < -0.39 is 0 Å².